The predicted octanol–water partition coefficient (Wildman–Crippen LogP) is 5.12. The number of hydrogen-bond acceptors (Lipinski definition) is 7. The van der Waals surface area contributed by atoms with E-state index in [9.17, 15) is 13.8 Å². The van der Waals surface area contributed by atoms with Gasteiger partial charge in [-0.3, -0.25) is 4.79 Å². The lowest BCUT2D eigenvalue weighted by Gasteiger charge is -2.17. The van der Waals surface area contributed by atoms with Gasteiger partial charge in [-0.2, -0.15) is 0 Å². The quantitative estimate of drug-likeness (QED) is 0.320. The summed E-state index contributed by atoms with van der Waals surface area (Å²) in [5.74, 6) is -0.193. The van der Waals surface area contributed by atoms with Crippen molar-refractivity contribution in [2.45, 2.75) is 36.8 Å². The summed E-state index contributed by atoms with van der Waals surface area (Å²) in [5.41, 5.74) is 3.07. The van der Waals surface area contributed by atoms with Crippen LogP contribution in [-0.4, -0.2) is 57.5 Å². The lowest BCUT2D eigenvalue weighted by atomic mass is 10.0. The van der Waals surface area contributed by atoms with Gasteiger partial charge in [0, 0.05) is 29.2 Å². The van der Waals surface area contributed by atoms with Crippen molar-refractivity contribution in [2.24, 2.45) is 5.92 Å². The Labute approximate surface area is 227 Å². The molecule has 1 N–H and O–H groups in total. The summed E-state index contributed by atoms with van der Waals surface area (Å²) in [4.78, 5) is 17.2. The Morgan fingerprint density at radius 3 is 2.59 bits per heavy atom. The van der Waals surface area contributed by atoms with E-state index in [2.05, 4.69) is 4.98 Å². The maximum absolute atomic E-state index is 15.2. The number of halogens is 2. The molecule has 2 aromatic carbocycles. The van der Waals surface area contributed by atoms with Crippen molar-refractivity contribution < 1.29 is 32.4 Å². The number of pyridine rings is 1. The van der Waals surface area contributed by atoms with Crippen molar-refractivity contribution >= 4 is 29.2 Å². The zero-order chi connectivity index (χ0) is 26.7. The number of fused-ring (bicyclic) bond motifs is 2. The standard InChI is InChI=1S/C29H24F2N2O5S/c30-20-11-22-21(12-25(33(22)39-31)38-24-14-37-28-23(34)13-36-29(24)28)32-26(20)16-8-6-15(7-9-16)18-10-19(18)27(35)17-4-2-1-3-5-17/h1-9,11-12,18-19,23-24,28-29,34H,10,13-14H2/t18?,19?,23-,24-,28?,29-/m1/s1. The highest BCUT2D eigenvalue weighted by molar-refractivity contribution is 7.93. The second-order valence-corrected chi connectivity index (χ2v) is 10.7. The molecule has 0 amide bonds. The van der Waals surface area contributed by atoms with E-state index in [-0.39, 0.29) is 60.3 Å². The van der Waals surface area contributed by atoms with Crippen LogP contribution >= 0.6 is 12.3 Å². The molecule has 3 aliphatic rings. The first-order chi connectivity index (χ1) is 19.0. The molecule has 4 aromatic rings. The van der Waals surface area contributed by atoms with Crippen LogP contribution in [0.3, 0.4) is 0 Å². The normalized spacial score (nSPS) is 27.6. The molecule has 0 bridgehead atoms. The van der Waals surface area contributed by atoms with Gasteiger partial charge in [-0.1, -0.05) is 54.6 Å². The second kappa shape index (κ2) is 9.71. The Bertz CT molecular complexity index is 1550. The van der Waals surface area contributed by atoms with Crippen LogP contribution < -0.4 is 4.74 Å². The van der Waals surface area contributed by atoms with Gasteiger partial charge >= 0.3 is 0 Å². The summed E-state index contributed by atoms with van der Waals surface area (Å²) in [5, 5.41) is 9.96. The number of ketones is 1. The third-order valence-corrected chi connectivity index (χ3v) is 8.30. The second-order valence-electron chi connectivity index (χ2n) is 10.2. The number of nitrogens with zero attached hydrogens (tertiary/aromatic N) is 2. The van der Waals surface area contributed by atoms with Crippen LogP contribution in [0.25, 0.3) is 22.3 Å². The first-order valence-electron chi connectivity index (χ1n) is 12.8. The number of carbonyl (C=O) groups excluding carboxylic acids is 1. The molecule has 39 heavy (non-hydrogen) atoms. The number of aliphatic hydroxyl groups is 1. The minimum atomic E-state index is -0.732. The number of aliphatic hydroxyl groups excluding tert-OH is 1. The molecule has 3 unspecified atom stereocenters. The average Bonchev–Trinajstić information content (AvgIpc) is 3.36. The highest BCUT2D eigenvalue weighted by atomic mass is 32.2. The number of ether oxygens (including phenoxy) is 3. The van der Waals surface area contributed by atoms with Gasteiger partial charge in [0.05, 0.1) is 24.2 Å². The number of carbonyl (C=O) groups is 1. The number of hydrogen-bond donors (Lipinski definition) is 1. The van der Waals surface area contributed by atoms with E-state index in [4.69, 9.17) is 14.2 Å². The summed E-state index contributed by atoms with van der Waals surface area (Å²) in [6.45, 7) is 0.332. The molecule has 0 spiro atoms. The molecule has 3 fully saturated rings. The van der Waals surface area contributed by atoms with Crippen molar-refractivity contribution in [2.75, 3.05) is 13.2 Å². The molecular weight excluding hydrogens is 526 g/mol. The Hall–Kier alpha value is -3.31. The first kappa shape index (κ1) is 24.7. The summed E-state index contributed by atoms with van der Waals surface area (Å²) in [7, 11) is 0. The van der Waals surface area contributed by atoms with Gasteiger partial charge in [-0.05, 0) is 17.9 Å². The van der Waals surface area contributed by atoms with Crippen molar-refractivity contribution in [1.29, 1.82) is 0 Å². The Morgan fingerprint density at radius 1 is 1.05 bits per heavy atom. The SMILES string of the molecule is O=C(c1ccccc1)C1CC1c1ccc(-c2nc3cc(O[C@@H]4COC5[C@H](O)CO[C@@H]54)n(SF)c3cc2F)cc1. The van der Waals surface area contributed by atoms with Gasteiger partial charge < -0.3 is 19.3 Å². The van der Waals surface area contributed by atoms with Crippen molar-refractivity contribution in [3.8, 4) is 17.1 Å². The van der Waals surface area contributed by atoms with E-state index in [1.165, 1.54) is 6.07 Å². The third kappa shape index (κ3) is 4.31. The number of benzene rings is 2. The molecule has 6 atom stereocenters. The third-order valence-electron chi connectivity index (χ3n) is 7.78. The summed E-state index contributed by atoms with van der Waals surface area (Å²) in [6.07, 6.45) is -1.44. The monoisotopic (exact) mass is 550 g/mol. The number of Topliss-reactive ketones (excluding diaryl/α,β-unsaturated/α-hetero) is 1. The van der Waals surface area contributed by atoms with Crippen LogP contribution in [0.15, 0.2) is 66.7 Å². The fraction of sp³-hybridized carbons (Fsp3) is 0.310. The predicted molar refractivity (Wildman–Crippen MR) is 141 cm³/mol. The minimum absolute atomic E-state index is 0.0423. The molecule has 4 heterocycles. The number of rotatable bonds is 7. The van der Waals surface area contributed by atoms with E-state index >= 15 is 4.39 Å². The topological polar surface area (TPSA) is 82.8 Å². The van der Waals surface area contributed by atoms with E-state index in [1.807, 2.05) is 42.5 Å². The zero-order valence-electron chi connectivity index (χ0n) is 20.6. The van der Waals surface area contributed by atoms with E-state index < -0.39 is 30.2 Å². The average molecular weight is 551 g/mol. The van der Waals surface area contributed by atoms with Crippen LogP contribution in [0.5, 0.6) is 5.88 Å². The van der Waals surface area contributed by atoms with Gasteiger partial charge in [-0.15, -0.1) is 3.89 Å². The summed E-state index contributed by atoms with van der Waals surface area (Å²) < 4.78 is 47.5. The van der Waals surface area contributed by atoms with E-state index in [1.54, 1.807) is 18.2 Å². The Kier molecular flexibility index (Phi) is 6.15. The van der Waals surface area contributed by atoms with Crippen LogP contribution in [0.2, 0.25) is 0 Å². The minimum Gasteiger partial charge on any atom is -0.469 e. The van der Waals surface area contributed by atoms with Crippen LogP contribution in [-0.2, 0) is 9.47 Å². The van der Waals surface area contributed by atoms with Gasteiger partial charge in [0.2, 0.25) is 5.88 Å². The molecule has 1 saturated carbocycles. The summed E-state index contributed by atoms with van der Waals surface area (Å²) >= 11 is -0.110. The van der Waals surface area contributed by atoms with Crippen molar-refractivity contribution in [1.82, 2.24) is 8.96 Å². The first-order valence-corrected chi connectivity index (χ1v) is 13.5. The zero-order valence-corrected chi connectivity index (χ0v) is 21.4. The Balaban J connectivity index is 1.12. The molecule has 200 valence electrons. The maximum atomic E-state index is 15.2. The number of aromatic nitrogens is 2. The lowest BCUT2D eigenvalue weighted by molar-refractivity contribution is 0.00776. The Morgan fingerprint density at radius 2 is 1.82 bits per heavy atom. The molecule has 7 rings (SSSR count). The van der Waals surface area contributed by atoms with Crippen molar-refractivity contribution in [3.05, 3.63) is 83.7 Å². The van der Waals surface area contributed by atoms with Crippen LogP contribution in [0.4, 0.5) is 8.28 Å². The fourth-order valence-electron chi connectivity index (χ4n) is 5.67. The van der Waals surface area contributed by atoms with Crippen molar-refractivity contribution in [3.63, 3.8) is 0 Å². The molecule has 2 aromatic heterocycles. The van der Waals surface area contributed by atoms with Gasteiger partial charge in [0.25, 0.3) is 0 Å². The molecular formula is C29H24F2N2O5S. The fourth-order valence-corrected chi connectivity index (χ4v) is 6.05. The van der Waals surface area contributed by atoms with Gasteiger partial charge in [0.15, 0.2) is 30.0 Å². The van der Waals surface area contributed by atoms with Crippen LogP contribution in [0, 0.1) is 11.7 Å². The van der Waals surface area contributed by atoms with Gasteiger partial charge in [-0.25, -0.2) is 13.3 Å². The molecule has 2 aliphatic heterocycles. The smallest absolute Gasteiger partial charge is 0.209 e. The molecule has 1 aliphatic carbocycles. The highest BCUT2D eigenvalue weighted by Gasteiger charge is 2.49. The lowest BCUT2D eigenvalue weighted by Crippen LogP contribution is -2.34. The highest BCUT2D eigenvalue weighted by Crippen LogP contribution is 2.49. The molecule has 2 saturated heterocycles. The molecule has 10 heteroatoms. The molecule has 7 nitrogen and oxygen atoms in total. The molecule has 0 radical (unpaired) electrons. The maximum Gasteiger partial charge on any atom is 0.209 e. The van der Waals surface area contributed by atoms with Crippen LogP contribution in [0.1, 0.15) is 28.3 Å². The largest absolute Gasteiger partial charge is 0.469 e. The summed E-state index contributed by atoms with van der Waals surface area (Å²) in [6, 6.07) is 19.5. The van der Waals surface area contributed by atoms with Gasteiger partial charge in [0.1, 0.15) is 24.0 Å². The van der Waals surface area contributed by atoms with E-state index in [0.717, 1.165) is 21.5 Å². The van der Waals surface area contributed by atoms with E-state index in [0.29, 0.717) is 11.1 Å².